The molecule has 1 unspecified atom stereocenters. The van der Waals surface area contributed by atoms with Gasteiger partial charge >= 0.3 is 0 Å². The van der Waals surface area contributed by atoms with Gasteiger partial charge in [0.1, 0.15) is 5.78 Å². The fourth-order valence-corrected chi connectivity index (χ4v) is 4.06. The van der Waals surface area contributed by atoms with Crippen LogP contribution in [0.15, 0.2) is 0 Å². The normalized spacial score (nSPS) is 21.4. The lowest BCUT2D eigenvalue weighted by atomic mass is 10.1. The molecule has 0 aliphatic carbocycles. The van der Waals surface area contributed by atoms with E-state index in [4.69, 9.17) is 9.26 Å². The number of hydrogen-bond acceptors (Lipinski definition) is 4. The van der Waals surface area contributed by atoms with Crippen molar-refractivity contribution in [2.75, 3.05) is 39.1 Å². The molecule has 1 aliphatic rings. The van der Waals surface area contributed by atoms with Crippen LogP contribution in [-0.2, 0) is 18.6 Å². The molecule has 0 N–H and O–H groups in total. The maximum atomic E-state index is 12.7. The van der Waals surface area contributed by atoms with Gasteiger partial charge in [-0.1, -0.05) is 13.8 Å². The molecule has 1 rings (SSSR count). The fraction of sp³-hybridized carbons (Fsp3) is 0.909. The van der Waals surface area contributed by atoms with Crippen molar-refractivity contribution in [2.45, 2.75) is 20.8 Å². The molecule has 6 heteroatoms. The van der Waals surface area contributed by atoms with Crippen LogP contribution >= 0.6 is 7.52 Å². The highest BCUT2D eigenvalue weighted by Crippen LogP contribution is 2.51. The van der Waals surface area contributed by atoms with Crippen LogP contribution in [0.5, 0.6) is 0 Å². The van der Waals surface area contributed by atoms with Crippen LogP contribution in [-0.4, -0.2) is 49.5 Å². The first-order valence-electron chi connectivity index (χ1n) is 6.09. The molecule has 0 amide bonds. The molecule has 100 valence electrons. The van der Waals surface area contributed by atoms with Crippen molar-refractivity contribution in [3.8, 4) is 0 Å². The highest BCUT2D eigenvalue weighted by atomic mass is 31.2. The number of ether oxygens (including phenoxy) is 1. The Balaban J connectivity index is 2.73. The Morgan fingerprint density at radius 1 is 1.41 bits per heavy atom. The van der Waals surface area contributed by atoms with E-state index in [0.717, 1.165) is 0 Å². The van der Waals surface area contributed by atoms with E-state index >= 15 is 0 Å². The second-order valence-corrected chi connectivity index (χ2v) is 6.82. The number of ketones is 1. The number of hydrogen-bond donors (Lipinski definition) is 0. The van der Waals surface area contributed by atoms with Crippen molar-refractivity contribution in [1.82, 2.24) is 4.67 Å². The van der Waals surface area contributed by atoms with Gasteiger partial charge < -0.3 is 9.26 Å². The SMILES string of the molecule is CCOP(=O)(CC(=O)C(C)C)N1CCOCC1. The molecule has 0 aromatic carbocycles. The van der Waals surface area contributed by atoms with Gasteiger partial charge in [0.05, 0.1) is 26.0 Å². The van der Waals surface area contributed by atoms with Crippen LogP contribution in [0.2, 0.25) is 0 Å². The monoisotopic (exact) mass is 263 g/mol. The van der Waals surface area contributed by atoms with Crippen LogP contribution < -0.4 is 0 Å². The summed E-state index contributed by atoms with van der Waals surface area (Å²) in [7, 11) is -3.00. The largest absolute Gasteiger partial charge is 0.379 e. The maximum Gasteiger partial charge on any atom is 0.279 e. The number of rotatable bonds is 6. The van der Waals surface area contributed by atoms with Crippen LogP contribution in [0.25, 0.3) is 0 Å². The number of carbonyl (C=O) groups is 1. The van der Waals surface area contributed by atoms with Crippen LogP contribution in [0, 0.1) is 5.92 Å². The first-order valence-corrected chi connectivity index (χ1v) is 7.85. The van der Waals surface area contributed by atoms with Crippen LogP contribution in [0.4, 0.5) is 0 Å². The number of nitrogens with zero attached hydrogens (tertiary/aromatic N) is 1. The predicted molar refractivity (Wildman–Crippen MR) is 66.3 cm³/mol. The van der Waals surface area contributed by atoms with E-state index in [-0.39, 0.29) is 17.9 Å². The average molecular weight is 263 g/mol. The minimum absolute atomic E-state index is 0.00623. The van der Waals surface area contributed by atoms with Gasteiger partial charge in [-0.25, -0.2) is 4.67 Å². The van der Waals surface area contributed by atoms with Crippen molar-refractivity contribution in [3.63, 3.8) is 0 Å². The maximum absolute atomic E-state index is 12.7. The second-order valence-electron chi connectivity index (χ2n) is 4.40. The number of Topliss-reactive ketones (excluding diaryl/α,β-unsaturated/α-hetero) is 1. The molecule has 0 bridgehead atoms. The minimum Gasteiger partial charge on any atom is -0.379 e. The van der Waals surface area contributed by atoms with E-state index in [1.807, 2.05) is 13.8 Å². The molecule has 0 radical (unpaired) electrons. The fourth-order valence-electron chi connectivity index (χ4n) is 1.67. The molecule has 1 fully saturated rings. The third kappa shape index (κ3) is 4.18. The summed E-state index contributed by atoms with van der Waals surface area (Å²) in [5, 5.41) is 0. The summed E-state index contributed by atoms with van der Waals surface area (Å²) in [4.78, 5) is 11.8. The van der Waals surface area contributed by atoms with Crippen molar-refractivity contribution < 1.29 is 18.6 Å². The summed E-state index contributed by atoms with van der Waals surface area (Å²) in [5.74, 6) is -0.113. The van der Waals surface area contributed by atoms with E-state index in [1.54, 1.807) is 11.6 Å². The third-order valence-corrected chi connectivity index (χ3v) is 5.38. The predicted octanol–water partition coefficient (Wildman–Crippen LogP) is 1.77. The van der Waals surface area contributed by atoms with Gasteiger partial charge in [-0.15, -0.1) is 0 Å². The summed E-state index contributed by atoms with van der Waals surface area (Å²) in [6, 6.07) is 0. The van der Waals surface area contributed by atoms with Crippen LogP contribution in [0.1, 0.15) is 20.8 Å². The summed E-state index contributed by atoms with van der Waals surface area (Å²) < 4.78 is 25.1. The topological polar surface area (TPSA) is 55.8 Å². The zero-order chi connectivity index (χ0) is 12.9. The summed E-state index contributed by atoms with van der Waals surface area (Å²) in [6.07, 6.45) is 0.0124. The van der Waals surface area contributed by atoms with Crippen LogP contribution in [0.3, 0.4) is 0 Å². The molecule has 0 saturated carbocycles. The zero-order valence-electron chi connectivity index (χ0n) is 10.8. The Morgan fingerprint density at radius 3 is 2.47 bits per heavy atom. The van der Waals surface area contributed by atoms with E-state index in [9.17, 15) is 9.36 Å². The first kappa shape index (κ1) is 14.8. The van der Waals surface area contributed by atoms with Crippen molar-refractivity contribution in [3.05, 3.63) is 0 Å². The smallest absolute Gasteiger partial charge is 0.279 e. The molecule has 17 heavy (non-hydrogen) atoms. The Labute approximate surface area is 103 Å². The third-order valence-electron chi connectivity index (χ3n) is 2.75. The van der Waals surface area contributed by atoms with Gasteiger partial charge in [0.2, 0.25) is 0 Å². The van der Waals surface area contributed by atoms with Crippen molar-refractivity contribution >= 4 is 13.3 Å². The second kappa shape index (κ2) is 6.64. The minimum atomic E-state index is -3.00. The molecule has 5 nitrogen and oxygen atoms in total. The Bertz CT molecular complexity index is 300. The molecule has 0 spiro atoms. The Morgan fingerprint density at radius 2 is 2.00 bits per heavy atom. The molecule has 0 aromatic rings. The molecule has 1 aliphatic heterocycles. The lowest BCUT2D eigenvalue weighted by molar-refractivity contribution is -0.119. The molecule has 1 atom stereocenters. The van der Waals surface area contributed by atoms with Gasteiger partial charge in [-0.05, 0) is 6.92 Å². The summed E-state index contributed by atoms with van der Waals surface area (Å²) >= 11 is 0. The zero-order valence-corrected chi connectivity index (χ0v) is 11.7. The van der Waals surface area contributed by atoms with E-state index in [1.165, 1.54) is 0 Å². The highest BCUT2D eigenvalue weighted by molar-refractivity contribution is 7.57. The molecule has 1 heterocycles. The van der Waals surface area contributed by atoms with Gasteiger partial charge in [-0.3, -0.25) is 9.36 Å². The quantitative estimate of drug-likeness (QED) is 0.684. The highest BCUT2D eigenvalue weighted by Gasteiger charge is 2.35. The standard InChI is InChI=1S/C11H22NO4P/c1-4-16-17(14,9-11(13)10(2)3)12-5-7-15-8-6-12/h10H,4-9H2,1-3H3. The summed E-state index contributed by atoms with van der Waals surface area (Å²) in [6.45, 7) is 8.04. The Hall–Kier alpha value is -0.220. The van der Waals surface area contributed by atoms with Gasteiger partial charge in [-0.2, -0.15) is 0 Å². The lowest BCUT2D eigenvalue weighted by Crippen LogP contribution is -2.36. The molecular weight excluding hydrogens is 241 g/mol. The number of carbonyl (C=O) groups excluding carboxylic acids is 1. The van der Waals surface area contributed by atoms with E-state index in [0.29, 0.717) is 32.9 Å². The lowest BCUT2D eigenvalue weighted by Gasteiger charge is -2.33. The molecule has 1 saturated heterocycles. The van der Waals surface area contributed by atoms with Gasteiger partial charge in [0, 0.05) is 19.0 Å². The molecule has 0 aromatic heterocycles. The first-order chi connectivity index (χ1) is 7.99. The Kier molecular flexibility index (Phi) is 5.80. The molecular formula is C11H22NO4P. The van der Waals surface area contributed by atoms with Crippen molar-refractivity contribution in [1.29, 1.82) is 0 Å². The summed E-state index contributed by atoms with van der Waals surface area (Å²) in [5.41, 5.74) is 0. The van der Waals surface area contributed by atoms with E-state index < -0.39 is 7.52 Å². The average Bonchev–Trinajstić information content (AvgIpc) is 2.30. The van der Waals surface area contributed by atoms with E-state index in [2.05, 4.69) is 0 Å². The van der Waals surface area contributed by atoms with Crippen molar-refractivity contribution in [2.24, 2.45) is 5.92 Å². The van der Waals surface area contributed by atoms with Gasteiger partial charge in [0.15, 0.2) is 0 Å². The van der Waals surface area contributed by atoms with Gasteiger partial charge in [0.25, 0.3) is 7.52 Å². The number of morpholine rings is 1.